The zero-order chi connectivity index (χ0) is 13.8. The number of carbonyl (C=O) groups is 1. The Morgan fingerprint density at radius 1 is 1.58 bits per heavy atom. The topological polar surface area (TPSA) is 88.7 Å². The molecule has 0 aromatic carbocycles. The number of rotatable bonds is 4. The second-order valence-electron chi connectivity index (χ2n) is 4.79. The normalized spacial score (nSPS) is 16.6. The van der Waals surface area contributed by atoms with Crippen molar-refractivity contribution < 1.29 is 14.6 Å². The number of carboxylic acid groups (broad SMARTS) is 1. The summed E-state index contributed by atoms with van der Waals surface area (Å²) < 4.78 is 5.16. The van der Waals surface area contributed by atoms with Crippen molar-refractivity contribution in [1.82, 2.24) is 4.98 Å². The SMILES string of the molecule is COCC1CCN(c2nccc(C(=O)O)c2N)CC1. The molecule has 104 valence electrons. The molecule has 0 spiro atoms. The fraction of sp³-hybridized carbons (Fsp3) is 0.538. The molecule has 0 saturated carbocycles. The van der Waals surface area contributed by atoms with Crippen molar-refractivity contribution in [3.05, 3.63) is 17.8 Å². The van der Waals surface area contributed by atoms with Crippen molar-refractivity contribution in [3.63, 3.8) is 0 Å². The summed E-state index contributed by atoms with van der Waals surface area (Å²) in [6.07, 6.45) is 3.51. The number of nitrogens with two attached hydrogens (primary N) is 1. The minimum Gasteiger partial charge on any atom is -0.478 e. The highest BCUT2D eigenvalue weighted by molar-refractivity contribution is 5.96. The second-order valence-corrected chi connectivity index (χ2v) is 4.79. The zero-order valence-electron chi connectivity index (χ0n) is 11.0. The molecule has 2 rings (SSSR count). The Morgan fingerprint density at radius 3 is 2.84 bits per heavy atom. The average molecular weight is 265 g/mol. The molecule has 0 amide bonds. The largest absolute Gasteiger partial charge is 0.478 e. The Morgan fingerprint density at radius 2 is 2.26 bits per heavy atom. The van der Waals surface area contributed by atoms with E-state index in [-0.39, 0.29) is 11.3 Å². The molecule has 1 fully saturated rings. The second kappa shape index (κ2) is 5.88. The van der Waals surface area contributed by atoms with E-state index in [9.17, 15) is 4.79 Å². The van der Waals surface area contributed by atoms with Gasteiger partial charge >= 0.3 is 5.97 Å². The molecule has 1 saturated heterocycles. The van der Waals surface area contributed by atoms with E-state index in [2.05, 4.69) is 4.98 Å². The molecule has 1 aliphatic rings. The number of piperidine rings is 1. The van der Waals surface area contributed by atoms with Crippen LogP contribution in [-0.4, -0.2) is 42.9 Å². The first-order valence-electron chi connectivity index (χ1n) is 6.35. The molecule has 0 atom stereocenters. The number of aromatic carboxylic acids is 1. The van der Waals surface area contributed by atoms with Gasteiger partial charge in [-0.3, -0.25) is 0 Å². The van der Waals surface area contributed by atoms with Crippen LogP contribution in [0.5, 0.6) is 0 Å². The number of nitrogens with zero attached hydrogens (tertiary/aromatic N) is 2. The number of ether oxygens (including phenoxy) is 1. The fourth-order valence-electron chi connectivity index (χ4n) is 2.45. The Kier molecular flexibility index (Phi) is 4.21. The van der Waals surface area contributed by atoms with Crippen LogP contribution in [0.25, 0.3) is 0 Å². The van der Waals surface area contributed by atoms with E-state index in [1.807, 2.05) is 4.90 Å². The van der Waals surface area contributed by atoms with Crippen LogP contribution in [0.1, 0.15) is 23.2 Å². The molecule has 0 bridgehead atoms. The fourth-order valence-corrected chi connectivity index (χ4v) is 2.45. The molecule has 2 heterocycles. The predicted octanol–water partition coefficient (Wildman–Crippen LogP) is 1.22. The Bertz CT molecular complexity index is 456. The van der Waals surface area contributed by atoms with E-state index < -0.39 is 5.97 Å². The number of anilines is 2. The summed E-state index contributed by atoms with van der Waals surface area (Å²) in [6.45, 7) is 2.43. The summed E-state index contributed by atoms with van der Waals surface area (Å²) in [5.41, 5.74) is 6.26. The van der Waals surface area contributed by atoms with Crippen LogP contribution in [0.15, 0.2) is 12.3 Å². The maximum Gasteiger partial charge on any atom is 0.337 e. The molecular weight excluding hydrogens is 246 g/mol. The van der Waals surface area contributed by atoms with Gasteiger partial charge in [-0.05, 0) is 24.8 Å². The van der Waals surface area contributed by atoms with Gasteiger partial charge in [-0.2, -0.15) is 0 Å². The van der Waals surface area contributed by atoms with Gasteiger partial charge in [0.15, 0.2) is 5.82 Å². The van der Waals surface area contributed by atoms with Crippen molar-refractivity contribution in [2.24, 2.45) is 5.92 Å². The summed E-state index contributed by atoms with van der Waals surface area (Å²) in [4.78, 5) is 17.3. The minimum atomic E-state index is -1.02. The molecule has 1 aromatic heterocycles. The van der Waals surface area contributed by atoms with Crippen molar-refractivity contribution in [3.8, 4) is 0 Å². The predicted molar refractivity (Wildman–Crippen MR) is 72.4 cm³/mol. The Hall–Kier alpha value is -1.82. The standard InChI is InChI=1S/C13H19N3O3/c1-19-8-9-3-6-16(7-4-9)12-11(14)10(13(17)18)2-5-15-12/h2,5,9H,3-4,6-8,14H2,1H3,(H,17,18). The monoisotopic (exact) mass is 265 g/mol. The third-order valence-electron chi connectivity index (χ3n) is 3.52. The van der Waals surface area contributed by atoms with Gasteiger partial charge in [0.05, 0.1) is 11.3 Å². The van der Waals surface area contributed by atoms with E-state index in [4.69, 9.17) is 15.6 Å². The van der Waals surface area contributed by atoms with Crippen molar-refractivity contribution in [2.45, 2.75) is 12.8 Å². The lowest BCUT2D eigenvalue weighted by Crippen LogP contribution is -2.36. The molecule has 0 unspecified atom stereocenters. The van der Waals surface area contributed by atoms with E-state index >= 15 is 0 Å². The summed E-state index contributed by atoms with van der Waals surface area (Å²) >= 11 is 0. The van der Waals surface area contributed by atoms with Crippen LogP contribution in [-0.2, 0) is 4.74 Å². The van der Waals surface area contributed by atoms with E-state index in [1.165, 1.54) is 12.3 Å². The van der Waals surface area contributed by atoms with Crippen LogP contribution in [0.2, 0.25) is 0 Å². The number of aromatic nitrogens is 1. The minimum absolute atomic E-state index is 0.115. The summed E-state index contributed by atoms with van der Waals surface area (Å²) in [7, 11) is 1.71. The molecule has 1 aromatic rings. The van der Waals surface area contributed by atoms with Crippen molar-refractivity contribution in [1.29, 1.82) is 0 Å². The lowest BCUT2D eigenvalue weighted by atomic mass is 9.97. The quantitative estimate of drug-likeness (QED) is 0.851. The highest BCUT2D eigenvalue weighted by Crippen LogP contribution is 2.28. The molecular formula is C13H19N3O3. The van der Waals surface area contributed by atoms with E-state index in [1.54, 1.807) is 7.11 Å². The Balaban J connectivity index is 2.11. The first kappa shape index (κ1) is 13.6. The highest BCUT2D eigenvalue weighted by Gasteiger charge is 2.23. The number of methoxy groups -OCH3 is 1. The van der Waals surface area contributed by atoms with Gasteiger partial charge in [0.1, 0.15) is 0 Å². The maximum atomic E-state index is 11.1. The zero-order valence-corrected chi connectivity index (χ0v) is 11.0. The van der Waals surface area contributed by atoms with Crippen LogP contribution in [0.3, 0.4) is 0 Å². The first-order chi connectivity index (χ1) is 9.13. The number of nitrogen functional groups attached to an aromatic ring is 1. The molecule has 3 N–H and O–H groups in total. The third-order valence-corrected chi connectivity index (χ3v) is 3.52. The number of pyridine rings is 1. The van der Waals surface area contributed by atoms with Gasteiger partial charge in [0.25, 0.3) is 0 Å². The van der Waals surface area contributed by atoms with Gasteiger partial charge < -0.3 is 20.5 Å². The summed E-state index contributed by atoms with van der Waals surface area (Å²) in [5, 5.41) is 9.06. The third kappa shape index (κ3) is 2.96. The number of hydrogen-bond acceptors (Lipinski definition) is 5. The summed E-state index contributed by atoms with van der Waals surface area (Å²) in [6, 6.07) is 1.43. The molecule has 1 aliphatic heterocycles. The van der Waals surface area contributed by atoms with Gasteiger partial charge in [-0.15, -0.1) is 0 Å². The van der Waals surface area contributed by atoms with Crippen molar-refractivity contribution in [2.75, 3.05) is 37.4 Å². The highest BCUT2D eigenvalue weighted by atomic mass is 16.5. The molecule has 0 radical (unpaired) electrons. The Labute approximate surface area is 112 Å². The van der Waals surface area contributed by atoms with E-state index in [0.29, 0.717) is 11.7 Å². The van der Waals surface area contributed by atoms with Gasteiger partial charge in [0, 0.05) is 33.0 Å². The van der Waals surface area contributed by atoms with Crippen molar-refractivity contribution >= 4 is 17.5 Å². The number of hydrogen-bond donors (Lipinski definition) is 2. The molecule has 0 aliphatic carbocycles. The molecule has 6 heteroatoms. The maximum absolute atomic E-state index is 11.1. The first-order valence-corrected chi connectivity index (χ1v) is 6.35. The van der Waals surface area contributed by atoms with Gasteiger partial charge in [-0.1, -0.05) is 0 Å². The smallest absolute Gasteiger partial charge is 0.337 e. The number of carboxylic acids is 1. The van der Waals surface area contributed by atoms with Crippen LogP contribution in [0.4, 0.5) is 11.5 Å². The molecule has 6 nitrogen and oxygen atoms in total. The van der Waals surface area contributed by atoms with Crippen LogP contribution in [0, 0.1) is 5.92 Å². The average Bonchev–Trinajstić information content (AvgIpc) is 2.40. The van der Waals surface area contributed by atoms with Gasteiger partial charge in [0.2, 0.25) is 0 Å². The summed E-state index contributed by atoms with van der Waals surface area (Å²) in [5.74, 6) is 0.122. The lowest BCUT2D eigenvalue weighted by molar-refractivity contribution is 0.0698. The van der Waals surface area contributed by atoms with Crippen LogP contribution < -0.4 is 10.6 Å². The van der Waals surface area contributed by atoms with Crippen LogP contribution >= 0.6 is 0 Å². The lowest BCUT2D eigenvalue weighted by Gasteiger charge is -2.33. The van der Waals surface area contributed by atoms with E-state index in [0.717, 1.165) is 32.5 Å². The van der Waals surface area contributed by atoms with Gasteiger partial charge in [-0.25, -0.2) is 9.78 Å². The molecule has 19 heavy (non-hydrogen) atoms.